The zero-order valence-corrected chi connectivity index (χ0v) is 14.0. The first kappa shape index (κ1) is 16.9. The van der Waals surface area contributed by atoms with Crippen LogP contribution in [0, 0.1) is 5.92 Å². The van der Waals surface area contributed by atoms with Crippen LogP contribution in [0.5, 0.6) is 0 Å². The number of carbonyl (C=O) groups is 1. The molecule has 0 aliphatic carbocycles. The van der Waals surface area contributed by atoms with Crippen molar-refractivity contribution in [1.29, 1.82) is 0 Å². The Labute approximate surface area is 144 Å². The number of benzene rings is 1. The zero-order chi connectivity index (χ0) is 18.0. The minimum absolute atomic E-state index is 0.0322. The molecule has 0 saturated heterocycles. The molecule has 1 unspecified atom stereocenters. The standard InChI is InChI=1S/C16H20N6O3/c1-9(2)15(16-18-14-11(17)4-3-5-12(14)25-16)22-8-10(19-21-22)6-7-13(23)20-24/h3-6,9,15,24H,7-8,17H2,1-2H3,(H,20,23)/b10-6-. The molecule has 1 aliphatic heterocycles. The van der Waals surface area contributed by atoms with E-state index in [1.54, 1.807) is 22.6 Å². The van der Waals surface area contributed by atoms with Crippen LogP contribution in [-0.2, 0) is 4.79 Å². The van der Waals surface area contributed by atoms with Gasteiger partial charge in [0, 0.05) is 6.42 Å². The van der Waals surface area contributed by atoms with Gasteiger partial charge in [0.05, 0.1) is 17.9 Å². The van der Waals surface area contributed by atoms with Gasteiger partial charge in [0.2, 0.25) is 11.8 Å². The van der Waals surface area contributed by atoms with E-state index in [2.05, 4.69) is 15.3 Å². The summed E-state index contributed by atoms with van der Waals surface area (Å²) < 4.78 is 5.88. The molecule has 3 rings (SSSR count). The van der Waals surface area contributed by atoms with E-state index in [1.807, 2.05) is 26.0 Å². The highest BCUT2D eigenvalue weighted by Gasteiger charge is 2.31. The summed E-state index contributed by atoms with van der Waals surface area (Å²) in [7, 11) is 0. The average molecular weight is 344 g/mol. The van der Waals surface area contributed by atoms with Gasteiger partial charge in [-0.1, -0.05) is 25.1 Å². The molecule has 9 heteroatoms. The summed E-state index contributed by atoms with van der Waals surface area (Å²) >= 11 is 0. The van der Waals surface area contributed by atoms with Crippen LogP contribution >= 0.6 is 0 Å². The van der Waals surface area contributed by atoms with Gasteiger partial charge in [-0.05, 0) is 24.1 Å². The highest BCUT2D eigenvalue weighted by Crippen LogP contribution is 2.34. The van der Waals surface area contributed by atoms with Crippen molar-refractivity contribution >= 4 is 22.7 Å². The summed E-state index contributed by atoms with van der Waals surface area (Å²) in [5, 5.41) is 18.6. The molecule has 2 heterocycles. The molecule has 4 N–H and O–H groups in total. The molecule has 0 fully saturated rings. The van der Waals surface area contributed by atoms with Gasteiger partial charge < -0.3 is 10.2 Å². The lowest BCUT2D eigenvalue weighted by molar-refractivity contribution is -0.128. The molecule has 0 bridgehead atoms. The van der Waals surface area contributed by atoms with Gasteiger partial charge in [0.1, 0.15) is 11.6 Å². The molecule has 1 aromatic heterocycles. The number of hydrogen-bond donors (Lipinski definition) is 3. The van der Waals surface area contributed by atoms with Crippen molar-refractivity contribution in [1.82, 2.24) is 15.5 Å². The molecule has 0 radical (unpaired) electrons. The molecule has 0 spiro atoms. The first-order valence-corrected chi connectivity index (χ1v) is 7.94. The molecular formula is C16H20N6O3. The van der Waals surface area contributed by atoms with Gasteiger partial charge in [0.15, 0.2) is 5.58 Å². The number of amides is 1. The van der Waals surface area contributed by atoms with Crippen molar-refractivity contribution in [2.24, 2.45) is 16.3 Å². The monoisotopic (exact) mass is 344 g/mol. The Kier molecular flexibility index (Phi) is 4.66. The number of anilines is 1. The summed E-state index contributed by atoms with van der Waals surface area (Å²) in [5.74, 6) is 0.181. The van der Waals surface area contributed by atoms with Gasteiger partial charge in [-0.3, -0.25) is 15.0 Å². The molecule has 1 aromatic carbocycles. The molecule has 0 saturated carbocycles. The lowest BCUT2D eigenvalue weighted by Gasteiger charge is -2.25. The Morgan fingerprint density at radius 1 is 1.52 bits per heavy atom. The molecule has 1 aliphatic rings. The van der Waals surface area contributed by atoms with Crippen LogP contribution in [0.1, 0.15) is 32.2 Å². The molecule has 1 amide bonds. The number of nitrogens with one attached hydrogen (secondary N) is 1. The second kappa shape index (κ2) is 6.89. The fourth-order valence-electron chi connectivity index (χ4n) is 2.73. The largest absolute Gasteiger partial charge is 0.438 e. The first-order chi connectivity index (χ1) is 12.0. The van der Waals surface area contributed by atoms with E-state index in [4.69, 9.17) is 15.4 Å². The van der Waals surface area contributed by atoms with Crippen LogP contribution in [0.4, 0.5) is 5.69 Å². The predicted molar refractivity (Wildman–Crippen MR) is 90.2 cm³/mol. The van der Waals surface area contributed by atoms with E-state index < -0.39 is 5.91 Å². The van der Waals surface area contributed by atoms with Crippen LogP contribution in [-0.4, -0.2) is 27.7 Å². The normalized spacial score (nSPS) is 17.0. The van der Waals surface area contributed by atoms with Gasteiger partial charge in [0.25, 0.3) is 0 Å². The van der Waals surface area contributed by atoms with Gasteiger partial charge >= 0.3 is 0 Å². The van der Waals surface area contributed by atoms with Crippen LogP contribution < -0.4 is 11.2 Å². The Morgan fingerprint density at radius 3 is 3.00 bits per heavy atom. The third-order valence-electron chi connectivity index (χ3n) is 3.93. The first-order valence-electron chi connectivity index (χ1n) is 7.94. The number of hydrogen-bond acceptors (Lipinski definition) is 8. The Hall–Kier alpha value is -2.94. The maximum Gasteiger partial charge on any atom is 0.247 e. The number of para-hydroxylation sites is 1. The maximum atomic E-state index is 11.1. The van der Waals surface area contributed by atoms with Crippen molar-refractivity contribution < 1.29 is 14.4 Å². The highest BCUT2D eigenvalue weighted by atomic mass is 16.5. The number of fused-ring (bicyclic) bond motifs is 1. The quantitative estimate of drug-likeness (QED) is 0.434. The SMILES string of the molecule is CC(C)C(c1nc2c(N)cccc2o1)N1C/C(=C/CC(=O)NO)N=N1. The van der Waals surface area contributed by atoms with E-state index in [0.29, 0.717) is 34.9 Å². The topological polar surface area (TPSA) is 129 Å². The summed E-state index contributed by atoms with van der Waals surface area (Å²) in [6.07, 6.45) is 1.65. The number of rotatable bonds is 5. The second-order valence-corrected chi connectivity index (χ2v) is 6.16. The van der Waals surface area contributed by atoms with E-state index in [9.17, 15) is 4.79 Å². The third kappa shape index (κ3) is 3.45. The zero-order valence-electron chi connectivity index (χ0n) is 14.0. The summed E-state index contributed by atoms with van der Waals surface area (Å²) in [6, 6.07) is 5.21. The third-order valence-corrected chi connectivity index (χ3v) is 3.93. The average Bonchev–Trinajstić information content (AvgIpc) is 3.20. The van der Waals surface area contributed by atoms with Crippen molar-refractivity contribution in [3.05, 3.63) is 35.9 Å². The number of nitrogens with zero attached hydrogens (tertiary/aromatic N) is 4. The number of oxazole rings is 1. The minimum atomic E-state index is -0.504. The van der Waals surface area contributed by atoms with Gasteiger partial charge in [-0.2, -0.15) is 0 Å². The molecule has 2 aromatic rings. The highest BCUT2D eigenvalue weighted by molar-refractivity contribution is 5.85. The second-order valence-electron chi connectivity index (χ2n) is 6.16. The predicted octanol–water partition coefficient (Wildman–Crippen LogP) is 2.57. The maximum absolute atomic E-state index is 11.1. The van der Waals surface area contributed by atoms with Crippen LogP contribution in [0.3, 0.4) is 0 Å². The van der Waals surface area contributed by atoms with E-state index in [-0.39, 0.29) is 18.4 Å². The summed E-state index contributed by atoms with van der Waals surface area (Å²) in [5.41, 5.74) is 10.0. The number of aromatic nitrogens is 1. The Bertz CT molecular complexity index is 842. The summed E-state index contributed by atoms with van der Waals surface area (Å²) in [4.78, 5) is 15.7. The van der Waals surface area contributed by atoms with Crippen LogP contribution in [0.25, 0.3) is 11.1 Å². The van der Waals surface area contributed by atoms with E-state index in [1.165, 1.54) is 0 Å². The molecular weight excluding hydrogens is 324 g/mol. The van der Waals surface area contributed by atoms with Crippen molar-refractivity contribution in [2.45, 2.75) is 26.3 Å². The smallest absolute Gasteiger partial charge is 0.247 e. The number of hydroxylamine groups is 1. The van der Waals surface area contributed by atoms with Crippen molar-refractivity contribution in [3.8, 4) is 0 Å². The van der Waals surface area contributed by atoms with E-state index >= 15 is 0 Å². The van der Waals surface area contributed by atoms with Crippen molar-refractivity contribution in [2.75, 3.05) is 12.3 Å². The lowest BCUT2D eigenvalue weighted by atomic mass is 10.0. The lowest BCUT2D eigenvalue weighted by Crippen LogP contribution is -2.26. The summed E-state index contributed by atoms with van der Waals surface area (Å²) in [6.45, 7) is 4.51. The molecule has 9 nitrogen and oxygen atoms in total. The van der Waals surface area contributed by atoms with Gasteiger partial charge in [-0.25, -0.2) is 10.5 Å². The van der Waals surface area contributed by atoms with Crippen LogP contribution in [0.15, 0.2) is 44.7 Å². The molecule has 132 valence electrons. The number of nitrogens with two attached hydrogens (primary N) is 1. The van der Waals surface area contributed by atoms with Crippen LogP contribution in [0.2, 0.25) is 0 Å². The number of nitrogen functional groups attached to an aromatic ring is 1. The fourth-order valence-corrected chi connectivity index (χ4v) is 2.73. The van der Waals surface area contributed by atoms with E-state index in [0.717, 1.165) is 0 Å². The molecule has 1 atom stereocenters. The number of carbonyl (C=O) groups excluding carboxylic acids is 1. The Balaban J connectivity index is 1.83. The van der Waals surface area contributed by atoms with Gasteiger partial charge in [-0.15, -0.1) is 5.11 Å². The minimum Gasteiger partial charge on any atom is -0.438 e. The Morgan fingerprint density at radius 2 is 2.32 bits per heavy atom. The van der Waals surface area contributed by atoms with Crippen molar-refractivity contribution in [3.63, 3.8) is 0 Å². The fraction of sp³-hybridized carbons (Fsp3) is 0.375. The molecule has 25 heavy (non-hydrogen) atoms.